The van der Waals surface area contributed by atoms with Crippen molar-refractivity contribution < 1.29 is 9.90 Å². The molecule has 3 rings (SSSR count). The summed E-state index contributed by atoms with van der Waals surface area (Å²) in [5, 5.41) is 12.0. The fourth-order valence-electron chi connectivity index (χ4n) is 2.80. The van der Waals surface area contributed by atoms with Crippen LogP contribution in [0.1, 0.15) is 30.2 Å². The summed E-state index contributed by atoms with van der Waals surface area (Å²) in [6.45, 7) is 2.00. The van der Waals surface area contributed by atoms with Crippen LogP contribution in [0.2, 0.25) is 0 Å². The summed E-state index contributed by atoms with van der Waals surface area (Å²) in [6.07, 6.45) is 3.43. The molecule has 1 heterocycles. The van der Waals surface area contributed by atoms with Crippen LogP contribution >= 0.6 is 0 Å². The van der Waals surface area contributed by atoms with Crippen molar-refractivity contribution in [2.24, 2.45) is 0 Å². The van der Waals surface area contributed by atoms with Crippen LogP contribution in [0.4, 0.5) is 5.82 Å². The van der Waals surface area contributed by atoms with Gasteiger partial charge in [0.1, 0.15) is 0 Å². The molecule has 3 aromatic rings. The first kappa shape index (κ1) is 18.7. The molecule has 5 nitrogen and oxygen atoms in total. The second-order valence-corrected chi connectivity index (χ2v) is 6.29. The lowest BCUT2D eigenvalue weighted by atomic mass is 10.1. The Balaban J connectivity index is 1.69. The maximum Gasteiger partial charge on any atom is 0.225 e. The Morgan fingerprint density at radius 3 is 2.44 bits per heavy atom. The third-order valence-electron chi connectivity index (χ3n) is 4.35. The number of aliphatic hydroxyl groups excluding tert-OH is 1. The quantitative estimate of drug-likeness (QED) is 0.672. The van der Waals surface area contributed by atoms with E-state index in [0.29, 0.717) is 25.1 Å². The molecular weight excluding hydrogens is 338 g/mol. The number of aromatic nitrogens is 2. The molecule has 1 aromatic heterocycles. The number of rotatable bonds is 7. The number of benzene rings is 2. The molecule has 2 aromatic carbocycles. The Bertz CT molecular complexity index is 893. The fourth-order valence-corrected chi connectivity index (χ4v) is 2.80. The minimum atomic E-state index is -0.0668. The minimum Gasteiger partial charge on any atom is -0.392 e. The summed E-state index contributed by atoms with van der Waals surface area (Å²) in [5.74, 6) is 0.453. The fraction of sp³-hybridized carbons (Fsp3) is 0.227. The molecule has 0 unspecified atom stereocenters. The number of amides is 1. The predicted octanol–water partition coefficient (Wildman–Crippen LogP) is 3.77. The number of nitrogens with zero attached hydrogens (tertiary/aromatic N) is 2. The van der Waals surface area contributed by atoms with Gasteiger partial charge in [0.15, 0.2) is 5.82 Å². The van der Waals surface area contributed by atoms with Gasteiger partial charge in [0.25, 0.3) is 0 Å². The molecule has 0 saturated carbocycles. The molecule has 0 aliphatic carbocycles. The second kappa shape index (κ2) is 9.05. The SMILES string of the molecule is CCc1nc(-c2ccc(CO)cc2)cnc1NC(=O)CCc1ccccc1. The third kappa shape index (κ3) is 4.99. The number of aryl methyl sites for hydroxylation is 2. The van der Waals surface area contributed by atoms with Gasteiger partial charge in [-0.2, -0.15) is 0 Å². The topological polar surface area (TPSA) is 75.1 Å². The molecule has 0 radical (unpaired) electrons. The highest BCUT2D eigenvalue weighted by atomic mass is 16.3. The normalized spacial score (nSPS) is 10.6. The highest BCUT2D eigenvalue weighted by Gasteiger charge is 2.11. The van der Waals surface area contributed by atoms with Crippen LogP contribution < -0.4 is 5.32 Å². The Morgan fingerprint density at radius 1 is 1.04 bits per heavy atom. The van der Waals surface area contributed by atoms with Gasteiger partial charge in [-0.1, -0.05) is 61.5 Å². The first-order valence-electron chi connectivity index (χ1n) is 9.09. The highest BCUT2D eigenvalue weighted by Crippen LogP contribution is 2.21. The summed E-state index contributed by atoms with van der Waals surface area (Å²) in [7, 11) is 0. The lowest BCUT2D eigenvalue weighted by Gasteiger charge is -2.10. The van der Waals surface area contributed by atoms with Gasteiger partial charge in [0.2, 0.25) is 5.91 Å². The van der Waals surface area contributed by atoms with Crippen molar-refractivity contribution in [2.75, 3.05) is 5.32 Å². The van der Waals surface area contributed by atoms with Crippen LogP contribution in [-0.2, 0) is 24.2 Å². The number of nitrogens with one attached hydrogen (secondary N) is 1. The Hall–Kier alpha value is -3.05. The van der Waals surface area contributed by atoms with E-state index >= 15 is 0 Å². The maximum atomic E-state index is 12.3. The molecule has 0 aliphatic heterocycles. The summed E-state index contributed by atoms with van der Waals surface area (Å²) >= 11 is 0. The summed E-state index contributed by atoms with van der Waals surface area (Å²) in [5.41, 5.74) is 4.42. The average Bonchev–Trinajstić information content (AvgIpc) is 2.73. The number of carbonyl (C=O) groups excluding carboxylic acids is 1. The van der Waals surface area contributed by atoms with Crippen molar-refractivity contribution >= 4 is 11.7 Å². The Kier molecular flexibility index (Phi) is 6.28. The molecule has 0 bridgehead atoms. The molecule has 1 amide bonds. The maximum absolute atomic E-state index is 12.3. The van der Waals surface area contributed by atoms with Gasteiger partial charge < -0.3 is 10.4 Å². The molecule has 0 fully saturated rings. The zero-order valence-electron chi connectivity index (χ0n) is 15.4. The van der Waals surface area contributed by atoms with Gasteiger partial charge >= 0.3 is 0 Å². The van der Waals surface area contributed by atoms with Gasteiger partial charge in [-0.25, -0.2) is 9.97 Å². The van der Waals surface area contributed by atoms with Crippen LogP contribution in [-0.4, -0.2) is 21.0 Å². The largest absolute Gasteiger partial charge is 0.392 e. The number of hydrogen-bond acceptors (Lipinski definition) is 4. The monoisotopic (exact) mass is 361 g/mol. The van der Waals surface area contributed by atoms with Crippen molar-refractivity contribution in [1.82, 2.24) is 9.97 Å². The van der Waals surface area contributed by atoms with Crippen LogP contribution in [0.25, 0.3) is 11.3 Å². The van der Waals surface area contributed by atoms with E-state index in [1.54, 1.807) is 6.20 Å². The first-order chi connectivity index (χ1) is 13.2. The lowest BCUT2D eigenvalue weighted by Crippen LogP contribution is -2.15. The minimum absolute atomic E-state index is 0.0140. The molecule has 138 valence electrons. The van der Waals surface area contributed by atoms with Crippen LogP contribution in [0.3, 0.4) is 0 Å². The standard InChI is InChI=1S/C22H23N3O2/c1-2-19-22(25-21(27)13-10-16-6-4-3-5-7-16)23-14-20(24-19)18-11-8-17(15-26)9-12-18/h3-9,11-12,14,26H,2,10,13,15H2,1H3,(H,23,25,27). The van der Waals surface area contributed by atoms with Crippen molar-refractivity contribution in [2.45, 2.75) is 32.8 Å². The third-order valence-corrected chi connectivity index (χ3v) is 4.35. The Labute approximate surface area is 159 Å². The van der Waals surface area contributed by atoms with Gasteiger partial charge in [-0.15, -0.1) is 0 Å². The van der Waals surface area contributed by atoms with Crippen LogP contribution in [0, 0.1) is 0 Å². The number of hydrogen-bond donors (Lipinski definition) is 2. The van der Waals surface area contributed by atoms with E-state index in [2.05, 4.69) is 15.3 Å². The molecule has 0 spiro atoms. The average molecular weight is 361 g/mol. The molecule has 27 heavy (non-hydrogen) atoms. The number of aliphatic hydroxyl groups is 1. The molecule has 0 aliphatic rings. The van der Waals surface area contributed by atoms with Gasteiger partial charge in [-0.05, 0) is 24.0 Å². The van der Waals surface area contributed by atoms with Gasteiger partial charge in [-0.3, -0.25) is 4.79 Å². The van der Waals surface area contributed by atoms with Gasteiger partial charge in [0, 0.05) is 12.0 Å². The van der Waals surface area contributed by atoms with Gasteiger partial charge in [0.05, 0.1) is 24.2 Å². The highest BCUT2D eigenvalue weighted by molar-refractivity contribution is 5.90. The predicted molar refractivity (Wildman–Crippen MR) is 106 cm³/mol. The van der Waals surface area contributed by atoms with Crippen LogP contribution in [0.5, 0.6) is 0 Å². The molecular formula is C22H23N3O2. The summed E-state index contributed by atoms with van der Waals surface area (Å²) < 4.78 is 0. The van der Waals surface area contributed by atoms with E-state index in [4.69, 9.17) is 5.11 Å². The van der Waals surface area contributed by atoms with E-state index < -0.39 is 0 Å². The molecule has 0 atom stereocenters. The first-order valence-corrected chi connectivity index (χ1v) is 9.09. The smallest absolute Gasteiger partial charge is 0.225 e. The van der Waals surface area contributed by atoms with Crippen molar-refractivity contribution in [1.29, 1.82) is 0 Å². The van der Waals surface area contributed by atoms with Crippen molar-refractivity contribution in [3.05, 3.63) is 77.6 Å². The van der Waals surface area contributed by atoms with Crippen molar-refractivity contribution in [3.8, 4) is 11.3 Å². The van der Waals surface area contributed by atoms with Crippen LogP contribution in [0.15, 0.2) is 60.8 Å². The molecule has 2 N–H and O–H groups in total. The van der Waals surface area contributed by atoms with Crippen molar-refractivity contribution in [3.63, 3.8) is 0 Å². The lowest BCUT2D eigenvalue weighted by molar-refractivity contribution is -0.116. The van der Waals surface area contributed by atoms with E-state index in [1.807, 2.05) is 61.5 Å². The Morgan fingerprint density at radius 2 is 1.78 bits per heavy atom. The van der Waals surface area contributed by atoms with E-state index in [-0.39, 0.29) is 12.5 Å². The molecule has 5 heteroatoms. The van der Waals surface area contributed by atoms with E-state index in [0.717, 1.165) is 28.1 Å². The van der Waals surface area contributed by atoms with E-state index in [1.165, 1.54) is 0 Å². The zero-order valence-corrected chi connectivity index (χ0v) is 15.4. The second-order valence-electron chi connectivity index (χ2n) is 6.29. The molecule has 0 saturated heterocycles. The number of carbonyl (C=O) groups is 1. The zero-order chi connectivity index (χ0) is 19.1. The van der Waals surface area contributed by atoms with E-state index in [9.17, 15) is 4.79 Å². The summed E-state index contributed by atoms with van der Waals surface area (Å²) in [6, 6.07) is 17.5. The summed E-state index contributed by atoms with van der Waals surface area (Å²) in [4.78, 5) is 21.3. The number of anilines is 1.